The monoisotopic (exact) mass is 208 g/mol. The molecule has 3 N–H and O–H groups in total. The van der Waals surface area contributed by atoms with Gasteiger partial charge in [0.05, 0.1) is 0 Å². The highest BCUT2D eigenvalue weighted by atomic mass is 16.1. The number of unbranched alkanes of at least 4 members (excludes halogenated alkanes) is 1. The van der Waals surface area contributed by atoms with Gasteiger partial charge in [-0.15, -0.1) is 0 Å². The molecule has 0 saturated carbocycles. The van der Waals surface area contributed by atoms with Crippen molar-refractivity contribution in [1.82, 2.24) is 9.97 Å². The van der Waals surface area contributed by atoms with Crippen LogP contribution in [0.3, 0.4) is 0 Å². The summed E-state index contributed by atoms with van der Waals surface area (Å²) >= 11 is 0. The van der Waals surface area contributed by atoms with Gasteiger partial charge in [0.1, 0.15) is 11.6 Å². The first-order valence-electron chi connectivity index (χ1n) is 5.00. The maximum Gasteiger partial charge on any atom is 0.217 e. The molecule has 0 atom stereocenters. The van der Waals surface area contributed by atoms with Crippen molar-refractivity contribution in [2.75, 3.05) is 11.9 Å². The average molecular weight is 208 g/mol. The molecule has 1 amide bonds. The highest BCUT2D eigenvalue weighted by Crippen LogP contribution is 2.02. The van der Waals surface area contributed by atoms with Crippen LogP contribution < -0.4 is 11.1 Å². The average Bonchev–Trinajstić information content (AvgIpc) is 2.17. The molecule has 5 nitrogen and oxygen atoms in total. The summed E-state index contributed by atoms with van der Waals surface area (Å²) in [6, 6.07) is 1.82. The Bertz CT molecular complexity index is 327. The van der Waals surface area contributed by atoms with Gasteiger partial charge in [0.15, 0.2) is 0 Å². The number of aromatic nitrogens is 2. The molecule has 0 aliphatic rings. The molecule has 1 aromatic heterocycles. The van der Waals surface area contributed by atoms with E-state index in [4.69, 9.17) is 5.73 Å². The Labute approximate surface area is 89.1 Å². The molecule has 1 rings (SSSR count). The maximum atomic E-state index is 10.5. The first kappa shape index (κ1) is 11.4. The van der Waals surface area contributed by atoms with Crippen LogP contribution in [0.2, 0.25) is 0 Å². The van der Waals surface area contributed by atoms with E-state index in [1.807, 2.05) is 13.0 Å². The van der Waals surface area contributed by atoms with Gasteiger partial charge in [-0.1, -0.05) is 0 Å². The van der Waals surface area contributed by atoms with Gasteiger partial charge in [0.25, 0.3) is 0 Å². The molecule has 82 valence electrons. The van der Waals surface area contributed by atoms with Crippen molar-refractivity contribution in [1.29, 1.82) is 0 Å². The lowest BCUT2D eigenvalue weighted by molar-refractivity contribution is -0.118. The largest absolute Gasteiger partial charge is 0.370 e. The fraction of sp³-hybridized carbons (Fsp3) is 0.500. The van der Waals surface area contributed by atoms with Crippen LogP contribution in [-0.4, -0.2) is 22.4 Å². The Morgan fingerprint density at radius 2 is 2.33 bits per heavy atom. The third-order valence-electron chi connectivity index (χ3n) is 1.93. The molecule has 0 aliphatic heterocycles. The standard InChI is InChI=1S/C10H16N4O/c1-8-12-7-5-10(14-8)13-6-3-2-4-9(11)15/h5,7H,2-4,6H2,1H3,(H2,11,15)(H,12,13,14). The Morgan fingerprint density at radius 3 is 3.00 bits per heavy atom. The van der Waals surface area contributed by atoms with Crippen LogP contribution in [0.15, 0.2) is 12.3 Å². The van der Waals surface area contributed by atoms with Crippen LogP contribution in [0.1, 0.15) is 25.1 Å². The quantitative estimate of drug-likeness (QED) is 0.679. The molecule has 0 bridgehead atoms. The molecule has 0 aromatic carbocycles. The topological polar surface area (TPSA) is 80.9 Å². The number of nitrogens with one attached hydrogen (secondary N) is 1. The smallest absolute Gasteiger partial charge is 0.217 e. The predicted molar refractivity (Wildman–Crippen MR) is 58.3 cm³/mol. The van der Waals surface area contributed by atoms with E-state index in [0.29, 0.717) is 6.42 Å². The molecule has 0 unspecified atom stereocenters. The van der Waals surface area contributed by atoms with E-state index in [9.17, 15) is 4.79 Å². The SMILES string of the molecule is Cc1nccc(NCCCCC(N)=O)n1. The van der Waals surface area contributed by atoms with Gasteiger partial charge >= 0.3 is 0 Å². The molecular weight excluding hydrogens is 192 g/mol. The zero-order valence-electron chi connectivity index (χ0n) is 8.86. The van der Waals surface area contributed by atoms with Crippen LogP contribution in [0.5, 0.6) is 0 Å². The third kappa shape index (κ3) is 4.95. The zero-order valence-corrected chi connectivity index (χ0v) is 8.86. The number of hydrogen-bond acceptors (Lipinski definition) is 4. The fourth-order valence-electron chi connectivity index (χ4n) is 1.20. The van der Waals surface area contributed by atoms with Crippen LogP contribution in [0.4, 0.5) is 5.82 Å². The Balaban J connectivity index is 2.17. The first-order chi connectivity index (χ1) is 7.18. The molecule has 0 radical (unpaired) electrons. The fourth-order valence-corrected chi connectivity index (χ4v) is 1.20. The van der Waals surface area contributed by atoms with E-state index in [1.54, 1.807) is 6.20 Å². The molecule has 0 aliphatic carbocycles. The van der Waals surface area contributed by atoms with Gasteiger partial charge < -0.3 is 11.1 Å². The highest BCUT2D eigenvalue weighted by molar-refractivity contribution is 5.73. The van der Waals surface area contributed by atoms with Gasteiger partial charge in [0.2, 0.25) is 5.91 Å². The number of aryl methyl sites for hydroxylation is 1. The number of hydrogen-bond donors (Lipinski definition) is 2. The summed E-state index contributed by atoms with van der Waals surface area (Å²) in [4.78, 5) is 18.6. The molecule has 1 aromatic rings. The number of carbonyl (C=O) groups is 1. The van der Waals surface area contributed by atoms with Crippen molar-refractivity contribution in [3.05, 3.63) is 18.1 Å². The van der Waals surface area contributed by atoms with E-state index in [2.05, 4.69) is 15.3 Å². The van der Waals surface area contributed by atoms with Gasteiger partial charge in [-0.2, -0.15) is 0 Å². The predicted octanol–water partition coefficient (Wildman–Crippen LogP) is 0.853. The Morgan fingerprint density at radius 1 is 1.53 bits per heavy atom. The lowest BCUT2D eigenvalue weighted by Gasteiger charge is -2.04. The molecular formula is C10H16N4O. The summed E-state index contributed by atoms with van der Waals surface area (Å²) in [6.45, 7) is 2.64. The molecule has 0 saturated heterocycles. The van der Waals surface area contributed by atoms with Crippen LogP contribution >= 0.6 is 0 Å². The van der Waals surface area contributed by atoms with Crippen LogP contribution in [0, 0.1) is 6.92 Å². The number of primary amides is 1. The molecule has 0 spiro atoms. The summed E-state index contributed by atoms with van der Waals surface area (Å²) in [5.74, 6) is 1.33. The van der Waals surface area contributed by atoms with Crippen molar-refractivity contribution >= 4 is 11.7 Å². The summed E-state index contributed by atoms with van der Waals surface area (Å²) in [5.41, 5.74) is 5.03. The third-order valence-corrected chi connectivity index (χ3v) is 1.93. The minimum absolute atomic E-state index is 0.243. The van der Waals surface area contributed by atoms with Gasteiger partial charge in [-0.05, 0) is 25.8 Å². The Kier molecular flexibility index (Phi) is 4.53. The van der Waals surface area contributed by atoms with Crippen LogP contribution in [-0.2, 0) is 4.79 Å². The molecule has 1 heterocycles. The number of anilines is 1. The van der Waals surface area contributed by atoms with Gasteiger partial charge in [-0.3, -0.25) is 4.79 Å². The summed E-state index contributed by atoms with van der Waals surface area (Å²) in [6.07, 6.45) is 3.89. The first-order valence-corrected chi connectivity index (χ1v) is 5.00. The number of nitrogens with two attached hydrogens (primary N) is 1. The number of carbonyl (C=O) groups excluding carboxylic acids is 1. The lowest BCUT2D eigenvalue weighted by atomic mass is 10.2. The minimum Gasteiger partial charge on any atom is -0.370 e. The maximum absolute atomic E-state index is 10.5. The summed E-state index contributed by atoms with van der Waals surface area (Å²) in [7, 11) is 0. The normalized spacial score (nSPS) is 9.93. The van der Waals surface area contributed by atoms with Crippen molar-refractivity contribution < 1.29 is 4.79 Å². The van der Waals surface area contributed by atoms with E-state index in [-0.39, 0.29) is 5.91 Å². The second kappa shape index (κ2) is 5.95. The second-order valence-electron chi connectivity index (χ2n) is 3.34. The van der Waals surface area contributed by atoms with E-state index >= 15 is 0 Å². The van der Waals surface area contributed by atoms with Crippen molar-refractivity contribution in [3.8, 4) is 0 Å². The van der Waals surface area contributed by atoms with Crippen molar-refractivity contribution in [2.45, 2.75) is 26.2 Å². The van der Waals surface area contributed by atoms with Gasteiger partial charge in [0, 0.05) is 19.2 Å². The number of amides is 1. The minimum atomic E-state index is -0.243. The van der Waals surface area contributed by atoms with E-state index < -0.39 is 0 Å². The summed E-state index contributed by atoms with van der Waals surface area (Å²) < 4.78 is 0. The van der Waals surface area contributed by atoms with Gasteiger partial charge in [-0.25, -0.2) is 9.97 Å². The van der Waals surface area contributed by atoms with E-state index in [0.717, 1.165) is 31.0 Å². The zero-order chi connectivity index (χ0) is 11.1. The van der Waals surface area contributed by atoms with E-state index in [1.165, 1.54) is 0 Å². The lowest BCUT2D eigenvalue weighted by Crippen LogP contribution is -2.11. The number of rotatable bonds is 6. The molecule has 15 heavy (non-hydrogen) atoms. The Hall–Kier alpha value is -1.65. The van der Waals surface area contributed by atoms with Crippen molar-refractivity contribution in [3.63, 3.8) is 0 Å². The highest BCUT2D eigenvalue weighted by Gasteiger charge is 1.96. The number of nitrogens with zero attached hydrogens (tertiary/aromatic N) is 2. The summed E-state index contributed by atoms with van der Waals surface area (Å²) in [5, 5.41) is 3.16. The van der Waals surface area contributed by atoms with Crippen LogP contribution in [0.25, 0.3) is 0 Å². The molecule has 5 heteroatoms. The molecule has 0 fully saturated rings. The van der Waals surface area contributed by atoms with Crippen molar-refractivity contribution in [2.24, 2.45) is 5.73 Å². The second-order valence-corrected chi connectivity index (χ2v) is 3.34.